The average Bonchev–Trinajstić information content (AvgIpc) is 2.90. The van der Waals surface area contributed by atoms with Crippen LogP contribution in [0, 0.1) is 0 Å². The Morgan fingerprint density at radius 3 is 2.65 bits per heavy atom. The highest BCUT2D eigenvalue weighted by Gasteiger charge is 2.05. The van der Waals surface area contributed by atoms with Crippen molar-refractivity contribution < 1.29 is 0 Å². The number of aliphatic imine (C=N–C) groups is 1. The van der Waals surface area contributed by atoms with Gasteiger partial charge in [-0.15, -0.1) is 11.3 Å². The summed E-state index contributed by atoms with van der Waals surface area (Å²) in [5.74, 6) is 1.41. The summed E-state index contributed by atoms with van der Waals surface area (Å²) in [6, 6.07) is 0. The van der Waals surface area contributed by atoms with Gasteiger partial charge in [0.15, 0.2) is 5.96 Å². The molecule has 0 aromatic carbocycles. The predicted molar refractivity (Wildman–Crippen MR) is 88.8 cm³/mol. The predicted octanol–water partition coefficient (Wildman–Crippen LogP) is 3.16. The first-order valence-corrected chi connectivity index (χ1v) is 8.44. The molecule has 114 valence electrons. The molecule has 0 aliphatic rings. The molecule has 1 rings (SSSR count). The average molecular weight is 296 g/mol. The third-order valence-electron chi connectivity index (χ3n) is 3.03. The molecule has 1 aromatic heterocycles. The van der Waals surface area contributed by atoms with Gasteiger partial charge in [-0.1, -0.05) is 33.6 Å². The normalized spacial score (nSPS) is 11.9. The zero-order valence-corrected chi connectivity index (χ0v) is 14.0. The Hall–Kier alpha value is -1.10. The van der Waals surface area contributed by atoms with Crippen LogP contribution in [0.3, 0.4) is 0 Å². The molecule has 0 amide bonds. The smallest absolute Gasteiger partial charge is 0.190 e. The van der Waals surface area contributed by atoms with Crippen LogP contribution >= 0.6 is 11.3 Å². The van der Waals surface area contributed by atoms with E-state index in [4.69, 9.17) is 0 Å². The molecule has 20 heavy (non-hydrogen) atoms. The number of thiazole rings is 1. The van der Waals surface area contributed by atoms with E-state index in [1.165, 1.54) is 30.0 Å². The molecule has 0 unspecified atom stereocenters. The fourth-order valence-corrected chi connectivity index (χ4v) is 2.68. The highest BCUT2D eigenvalue weighted by molar-refractivity contribution is 7.09. The van der Waals surface area contributed by atoms with Gasteiger partial charge in [0.05, 0.1) is 10.7 Å². The number of nitrogens with one attached hydrogen (secondary N) is 2. The first-order chi connectivity index (χ1) is 9.67. The minimum Gasteiger partial charge on any atom is -0.356 e. The molecule has 0 atom stereocenters. The Balaban J connectivity index is 2.23. The molecule has 0 fully saturated rings. The molecule has 4 nitrogen and oxygen atoms in total. The first-order valence-electron chi connectivity index (χ1n) is 7.56. The Bertz CT molecular complexity index is 398. The quantitative estimate of drug-likeness (QED) is 0.440. The molecule has 0 saturated carbocycles. The van der Waals surface area contributed by atoms with Gasteiger partial charge in [-0.3, -0.25) is 4.99 Å². The van der Waals surface area contributed by atoms with Crippen LogP contribution in [0.1, 0.15) is 56.7 Å². The maximum Gasteiger partial charge on any atom is 0.190 e. The molecule has 0 radical (unpaired) electrons. The summed E-state index contributed by atoms with van der Waals surface area (Å²) >= 11 is 1.76. The van der Waals surface area contributed by atoms with E-state index in [0.29, 0.717) is 5.92 Å². The largest absolute Gasteiger partial charge is 0.356 e. The van der Waals surface area contributed by atoms with E-state index in [1.54, 1.807) is 11.3 Å². The van der Waals surface area contributed by atoms with Gasteiger partial charge >= 0.3 is 0 Å². The standard InChI is InChI=1S/C15H28N4S/c1-5-6-7-9-17-15(16-4)18-10-8-13-11-20-14(19-13)12(2)3/h11-12H,5-10H2,1-4H3,(H2,16,17,18). The molecule has 2 N–H and O–H groups in total. The van der Waals surface area contributed by atoms with Crippen molar-refractivity contribution in [2.75, 3.05) is 20.1 Å². The van der Waals surface area contributed by atoms with Gasteiger partial charge in [0.1, 0.15) is 0 Å². The van der Waals surface area contributed by atoms with Gasteiger partial charge in [0, 0.05) is 37.9 Å². The van der Waals surface area contributed by atoms with Crippen molar-refractivity contribution >= 4 is 17.3 Å². The van der Waals surface area contributed by atoms with Crippen LogP contribution < -0.4 is 10.6 Å². The molecule has 1 heterocycles. The zero-order valence-electron chi connectivity index (χ0n) is 13.2. The van der Waals surface area contributed by atoms with Crippen LogP contribution in [-0.4, -0.2) is 31.1 Å². The summed E-state index contributed by atoms with van der Waals surface area (Å²) in [5, 5.41) is 10.1. The third-order valence-corrected chi connectivity index (χ3v) is 4.23. The fraction of sp³-hybridized carbons (Fsp3) is 0.733. The zero-order chi connectivity index (χ0) is 14.8. The van der Waals surface area contributed by atoms with Crippen LogP contribution in [0.25, 0.3) is 0 Å². The summed E-state index contributed by atoms with van der Waals surface area (Å²) < 4.78 is 0. The van der Waals surface area contributed by atoms with E-state index in [2.05, 4.69) is 46.8 Å². The monoisotopic (exact) mass is 296 g/mol. The summed E-state index contributed by atoms with van der Waals surface area (Å²) in [7, 11) is 1.81. The summed E-state index contributed by atoms with van der Waals surface area (Å²) in [5.41, 5.74) is 1.17. The second-order valence-electron chi connectivity index (χ2n) is 5.21. The molecule has 1 aromatic rings. The fourth-order valence-electron chi connectivity index (χ4n) is 1.81. The SMILES string of the molecule is CCCCCNC(=NC)NCCc1csc(C(C)C)n1. The highest BCUT2D eigenvalue weighted by Crippen LogP contribution is 2.19. The van der Waals surface area contributed by atoms with E-state index in [1.807, 2.05) is 7.05 Å². The Morgan fingerprint density at radius 2 is 2.05 bits per heavy atom. The van der Waals surface area contributed by atoms with E-state index >= 15 is 0 Å². The van der Waals surface area contributed by atoms with Gasteiger partial charge in [-0.05, 0) is 6.42 Å². The van der Waals surface area contributed by atoms with Crippen LogP contribution in [0.15, 0.2) is 10.4 Å². The van der Waals surface area contributed by atoms with Crippen molar-refractivity contribution in [2.24, 2.45) is 4.99 Å². The molecule has 0 aliphatic heterocycles. The molecule has 0 saturated heterocycles. The van der Waals surface area contributed by atoms with Crippen molar-refractivity contribution in [3.05, 3.63) is 16.1 Å². The van der Waals surface area contributed by atoms with Crippen LogP contribution in [0.5, 0.6) is 0 Å². The lowest BCUT2D eigenvalue weighted by Gasteiger charge is -2.11. The lowest BCUT2D eigenvalue weighted by molar-refractivity contribution is 0.681. The number of unbranched alkanes of at least 4 members (excludes halogenated alkanes) is 2. The van der Waals surface area contributed by atoms with E-state index in [9.17, 15) is 0 Å². The van der Waals surface area contributed by atoms with Crippen molar-refractivity contribution in [2.45, 2.75) is 52.4 Å². The lowest BCUT2D eigenvalue weighted by Crippen LogP contribution is -2.38. The van der Waals surface area contributed by atoms with Gasteiger partial charge in [0.25, 0.3) is 0 Å². The number of nitrogens with zero attached hydrogens (tertiary/aromatic N) is 2. The minimum atomic E-state index is 0.523. The summed E-state index contributed by atoms with van der Waals surface area (Å²) in [6.07, 6.45) is 4.65. The van der Waals surface area contributed by atoms with Gasteiger partial charge < -0.3 is 10.6 Å². The van der Waals surface area contributed by atoms with Gasteiger partial charge in [-0.2, -0.15) is 0 Å². The molecular formula is C15H28N4S. The number of rotatable bonds is 8. The van der Waals surface area contributed by atoms with Crippen LogP contribution in [0.4, 0.5) is 0 Å². The Kier molecular flexibility index (Phi) is 8.26. The number of aromatic nitrogens is 1. The Morgan fingerprint density at radius 1 is 1.30 bits per heavy atom. The lowest BCUT2D eigenvalue weighted by atomic mass is 10.2. The van der Waals surface area contributed by atoms with E-state index in [0.717, 1.165) is 25.5 Å². The van der Waals surface area contributed by atoms with Crippen LogP contribution in [0.2, 0.25) is 0 Å². The van der Waals surface area contributed by atoms with Crippen molar-refractivity contribution in [3.8, 4) is 0 Å². The third kappa shape index (κ3) is 6.37. The maximum atomic E-state index is 4.64. The number of guanidine groups is 1. The van der Waals surface area contributed by atoms with Crippen molar-refractivity contribution in [1.29, 1.82) is 0 Å². The maximum absolute atomic E-state index is 4.64. The molecule has 0 aliphatic carbocycles. The molecular weight excluding hydrogens is 268 g/mol. The second kappa shape index (κ2) is 9.75. The topological polar surface area (TPSA) is 49.3 Å². The van der Waals surface area contributed by atoms with Crippen molar-refractivity contribution in [1.82, 2.24) is 15.6 Å². The van der Waals surface area contributed by atoms with Crippen molar-refractivity contribution in [3.63, 3.8) is 0 Å². The van der Waals surface area contributed by atoms with E-state index < -0.39 is 0 Å². The summed E-state index contributed by atoms with van der Waals surface area (Å²) in [4.78, 5) is 8.86. The molecule has 0 spiro atoms. The first kappa shape index (κ1) is 17.0. The Labute approximate surface area is 127 Å². The second-order valence-corrected chi connectivity index (χ2v) is 6.10. The number of hydrogen-bond donors (Lipinski definition) is 2. The van der Waals surface area contributed by atoms with E-state index in [-0.39, 0.29) is 0 Å². The number of hydrogen-bond acceptors (Lipinski definition) is 3. The van der Waals surface area contributed by atoms with Crippen LogP contribution in [-0.2, 0) is 6.42 Å². The molecule has 5 heteroatoms. The van der Waals surface area contributed by atoms with Gasteiger partial charge in [-0.25, -0.2) is 4.98 Å². The summed E-state index contributed by atoms with van der Waals surface area (Å²) in [6.45, 7) is 8.44. The minimum absolute atomic E-state index is 0.523. The molecule has 0 bridgehead atoms. The van der Waals surface area contributed by atoms with Gasteiger partial charge in [0.2, 0.25) is 0 Å². The highest BCUT2D eigenvalue weighted by atomic mass is 32.1.